The molecule has 0 N–H and O–H groups in total. The van der Waals surface area contributed by atoms with Crippen LogP contribution in [0.3, 0.4) is 0 Å². The highest BCUT2D eigenvalue weighted by atomic mass is 16.5. The molecule has 2 heterocycles. The highest BCUT2D eigenvalue weighted by Gasteiger charge is 2.43. The Kier molecular flexibility index (Phi) is 4.58. The molecule has 0 unspecified atom stereocenters. The van der Waals surface area contributed by atoms with Crippen molar-refractivity contribution in [2.24, 2.45) is 0 Å². The number of benzene rings is 2. The monoisotopic (exact) mass is 366 g/mol. The van der Waals surface area contributed by atoms with Crippen molar-refractivity contribution in [2.45, 2.75) is 25.4 Å². The summed E-state index contributed by atoms with van der Waals surface area (Å²) in [6.45, 7) is 1.47. The van der Waals surface area contributed by atoms with Crippen molar-refractivity contribution in [3.63, 3.8) is 0 Å². The number of amides is 2. The van der Waals surface area contributed by atoms with Crippen LogP contribution in [-0.2, 0) is 22.6 Å². The Morgan fingerprint density at radius 2 is 1.70 bits per heavy atom. The Bertz CT molecular complexity index is 896. The second kappa shape index (κ2) is 7.04. The molecule has 0 aliphatic carbocycles. The molecule has 2 aliphatic rings. The van der Waals surface area contributed by atoms with Crippen molar-refractivity contribution in [1.29, 1.82) is 0 Å². The fraction of sp³-hybridized carbons (Fsp3) is 0.333. The Balaban J connectivity index is 1.58. The molecule has 2 aromatic rings. The lowest BCUT2D eigenvalue weighted by Gasteiger charge is -2.32. The summed E-state index contributed by atoms with van der Waals surface area (Å²) in [5.74, 6) is 0.693. The van der Waals surface area contributed by atoms with Gasteiger partial charge in [-0.1, -0.05) is 24.3 Å². The molecular formula is C21H22N2O4. The summed E-state index contributed by atoms with van der Waals surface area (Å²) < 4.78 is 10.5. The van der Waals surface area contributed by atoms with Gasteiger partial charge in [0, 0.05) is 19.2 Å². The molecule has 4 rings (SSSR count). The molecule has 0 radical (unpaired) electrons. The first-order valence-electron chi connectivity index (χ1n) is 9.02. The van der Waals surface area contributed by atoms with Gasteiger partial charge < -0.3 is 9.47 Å². The summed E-state index contributed by atoms with van der Waals surface area (Å²) >= 11 is 0. The van der Waals surface area contributed by atoms with Crippen LogP contribution < -0.4 is 14.4 Å². The topological polar surface area (TPSA) is 59.1 Å². The molecule has 6 heteroatoms. The van der Waals surface area contributed by atoms with E-state index in [1.54, 1.807) is 25.3 Å². The third-order valence-corrected chi connectivity index (χ3v) is 5.35. The van der Waals surface area contributed by atoms with E-state index in [2.05, 4.69) is 17.0 Å². The maximum atomic E-state index is 13.1. The summed E-state index contributed by atoms with van der Waals surface area (Å²) in [5.41, 5.74) is 3.07. The Morgan fingerprint density at radius 3 is 2.44 bits per heavy atom. The molecular weight excluding hydrogens is 344 g/mol. The molecule has 2 aromatic carbocycles. The predicted octanol–water partition coefficient (Wildman–Crippen LogP) is 2.39. The molecule has 1 atom stereocenters. The van der Waals surface area contributed by atoms with E-state index >= 15 is 0 Å². The Labute approximate surface area is 158 Å². The Morgan fingerprint density at radius 1 is 0.963 bits per heavy atom. The van der Waals surface area contributed by atoms with Crippen LogP contribution in [0.25, 0.3) is 0 Å². The van der Waals surface area contributed by atoms with Crippen LogP contribution in [0.2, 0.25) is 0 Å². The predicted molar refractivity (Wildman–Crippen MR) is 101 cm³/mol. The maximum Gasteiger partial charge on any atom is 0.251 e. The van der Waals surface area contributed by atoms with Gasteiger partial charge in [0.1, 0.15) is 0 Å². The van der Waals surface area contributed by atoms with Crippen molar-refractivity contribution in [1.82, 2.24) is 4.90 Å². The van der Waals surface area contributed by atoms with Crippen molar-refractivity contribution in [2.75, 3.05) is 25.7 Å². The van der Waals surface area contributed by atoms with E-state index in [1.165, 1.54) is 23.1 Å². The number of hydrogen-bond donors (Lipinski definition) is 0. The van der Waals surface area contributed by atoms with Gasteiger partial charge in [-0.05, 0) is 29.7 Å². The van der Waals surface area contributed by atoms with Crippen LogP contribution in [0.1, 0.15) is 17.5 Å². The molecule has 1 saturated heterocycles. The number of methoxy groups -OCH3 is 2. The SMILES string of the molecule is COc1ccc(N2C(=O)C[C@@H](N3CCc4ccccc4C3)C2=O)cc1OC. The number of fused-ring (bicyclic) bond motifs is 1. The molecule has 27 heavy (non-hydrogen) atoms. The lowest BCUT2D eigenvalue weighted by Crippen LogP contribution is -2.44. The van der Waals surface area contributed by atoms with Gasteiger partial charge in [-0.15, -0.1) is 0 Å². The minimum absolute atomic E-state index is 0.174. The van der Waals surface area contributed by atoms with Crippen LogP contribution in [0.4, 0.5) is 5.69 Å². The van der Waals surface area contributed by atoms with E-state index in [9.17, 15) is 9.59 Å². The van der Waals surface area contributed by atoms with Crippen molar-refractivity contribution < 1.29 is 19.1 Å². The smallest absolute Gasteiger partial charge is 0.251 e. The number of imide groups is 1. The number of rotatable bonds is 4. The summed E-state index contributed by atoms with van der Waals surface area (Å²) in [4.78, 5) is 29.1. The molecule has 0 spiro atoms. The normalized spacial score (nSPS) is 19.9. The van der Waals surface area contributed by atoms with Crippen LogP contribution in [0, 0.1) is 0 Å². The number of anilines is 1. The molecule has 2 aliphatic heterocycles. The standard InChI is InChI=1S/C21H22N2O4/c1-26-18-8-7-16(11-19(18)27-2)23-20(24)12-17(21(23)25)22-10-9-14-5-3-4-6-15(14)13-22/h3-8,11,17H,9-10,12-13H2,1-2H3/t17-/m1/s1. The average molecular weight is 366 g/mol. The zero-order valence-corrected chi connectivity index (χ0v) is 15.5. The fourth-order valence-corrected chi connectivity index (χ4v) is 3.92. The van der Waals surface area contributed by atoms with E-state index in [0.717, 1.165) is 13.0 Å². The van der Waals surface area contributed by atoms with Gasteiger partial charge in [0.25, 0.3) is 5.91 Å². The average Bonchev–Trinajstić information content (AvgIpc) is 3.01. The van der Waals surface area contributed by atoms with E-state index in [1.807, 2.05) is 12.1 Å². The zero-order valence-electron chi connectivity index (χ0n) is 15.5. The van der Waals surface area contributed by atoms with E-state index < -0.39 is 6.04 Å². The van der Waals surface area contributed by atoms with E-state index in [0.29, 0.717) is 23.7 Å². The number of carbonyl (C=O) groups excluding carboxylic acids is 2. The first kappa shape index (κ1) is 17.5. The molecule has 0 bridgehead atoms. The quantitative estimate of drug-likeness (QED) is 0.778. The molecule has 140 valence electrons. The molecule has 2 amide bonds. The van der Waals surface area contributed by atoms with E-state index in [-0.39, 0.29) is 18.2 Å². The number of nitrogens with zero attached hydrogens (tertiary/aromatic N) is 2. The highest BCUT2D eigenvalue weighted by Crippen LogP contribution is 2.35. The Hall–Kier alpha value is -2.86. The fourth-order valence-electron chi connectivity index (χ4n) is 3.92. The van der Waals surface area contributed by atoms with Crippen molar-refractivity contribution in [3.8, 4) is 11.5 Å². The van der Waals surface area contributed by atoms with Crippen LogP contribution in [0.5, 0.6) is 11.5 Å². The molecule has 0 saturated carbocycles. The van der Waals surface area contributed by atoms with Crippen LogP contribution in [0.15, 0.2) is 42.5 Å². The van der Waals surface area contributed by atoms with Crippen LogP contribution >= 0.6 is 0 Å². The van der Waals surface area contributed by atoms with Crippen molar-refractivity contribution >= 4 is 17.5 Å². The van der Waals surface area contributed by atoms with Crippen LogP contribution in [-0.4, -0.2) is 43.5 Å². The molecule has 6 nitrogen and oxygen atoms in total. The van der Waals surface area contributed by atoms with Gasteiger partial charge >= 0.3 is 0 Å². The second-order valence-electron chi connectivity index (χ2n) is 6.82. The summed E-state index contributed by atoms with van der Waals surface area (Å²) in [5, 5.41) is 0. The second-order valence-corrected chi connectivity index (χ2v) is 6.82. The first-order valence-corrected chi connectivity index (χ1v) is 9.02. The van der Waals surface area contributed by atoms with Gasteiger partial charge in [-0.25, -0.2) is 4.90 Å². The summed E-state index contributed by atoms with van der Waals surface area (Å²) in [6, 6.07) is 12.9. The number of hydrogen-bond acceptors (Lipinski definition) is 5. The van der Waals surface area contributed by atoms with Gasteiger partial charge in [0.05, 0.1) is 32.4 Å². The summed E-state index contributed by atoms with van der Waals surface area (Å²) in [6.07, 6.45) is 1.10. The summed E-state index contributed by atoms with van der Waals surface area (Å²) in [7, 11) is 3.08. The van der Waals surface area contributed by atoms with E-state index in [4.69, 9.17) is 9.47 Å². The molecule has 1 fully saturated rings. The molecule has 0 aromatic heterocycles. The number of carbonyl (C=O) groups is 2. The zero-order chi connectivity index (χ0) is 19.0. The van der Waals surface area contributed by atoms with Gasteiger partial charge in [-0.2, -0.15) is 0 Å². The van der Waals surface area contributed by atoms with Crippen molar-refractivity contribution in [3.05, 3.63) is 53.6 Å². The maximum absolute atomic E-state index is 13.1. The first-order chi connectivity index (χ1) is 13.1. The van der Waals surface area contributed by atoms with Gasteiger partial charge in [-0.3, -0.25) is 14.5 Å². The van der Waals surface area contributed by atoms with Gasteiger partial charge in [0.2, 0.25) is 5.91 Å². The highest BCUT2D eigenvalue weighted by molar-refractivity contribution is 6.22. The number of ether oxygens (including phenoxy) is 2. The minimum Gasteiger partial charge on any atom is -0.493 e. The van der Waals surface area contributed by atoms with Gasteiger partial charge in [0.15, 0.2) is 11.5 Å². The lowest BCUT2D eigenvalue weighted by atomic mass is 9.98. The third kappa shape index (κ3) is 3.06. The lowest BCUT2D eigenvalue weighted by molar-refractivity contribution is -0.123. The minimum atomic E-state index is -0.418. The largest absolute Gasteiger partial charge is 0.493 e. The third-order valence-electron chi connectivity index (χ3n) is 5.35.